The van der Waals surface area contributed by atoms with Crippen molar-refractivity contribution in [2.24, 2.45) is 5.41 Å². The number of fused-ring (bicyclic) bond motifs is 1. The molecule has 0 bridgehead atoms. The molecule has 0 saturated carbocycles. The predicted molar refractivity (Wildman–Crippen MR) is 110 cm³/mol. The molecule has 4 rings (SSSR count). The number of hydrogen-bond donors (Lipinski definition) is 1. The van der Waals surface area contributed by atoms with E-state index in [9.17, 15) is 5.11 Å². The van der Waals surface area contributed by atoms with Crippen LogP contribution in [0.15, 0.2) is 18.2 Å². The highest BCUT2D eigenvalue weighted by atomic mass is 16.7. The molecule has 1 aromatic rings. The number of rotatable bonds is 6. The monoisotopic (exact) mass is 389 g/mol. The Hall–Kier alpha value is -1.34. The van der Waals surface area contributed by atoms with Crippen LogP contribution in [-0.4, -0.2) is 85.1 Å². The SMILES string of the molecule is CC(C)(CO)CN1CCC[C@H](N2CCN(Cc3ccc4c(c3)OCO4)CC2)C1. The Balaban J connectivity index is 1.26. The lowest BCUT2D eigenvalue weighted by Crippen LogP contribution is -2.55. The maximum Gasteiger partial charge on any atom is 0.231 e. The smallest absolute Gasteiger partial charge is 0.231 e. The van der Waals surface area contributed by atoms with Gasteiger partial charge in [-0.25, -0.2) is 0 Å². The van der Waals surface area contributed by atoms with Crippen LogP contribution in [-0.2, 0) is 6.54 Å². The number of piperidine rings is 1. The van der Waals surface area contributed by atoms with Crippen LogP contribution in [0.1, 0.15) is 32.3 Å². The number of aliphatic hydroxyl groups is 1. The standard InChI is InChI=1S/C22H35N3O3/c1-22(2,16-26)15-24-7-3-4-19(14-24)25-10-8-23(9-11-25)13-18-5-6-20-21(12-18)28-17-27-20/h5-6,12,19,26H,3-4,7-11,13-17H2,1-2H3/t19-/m0/s1. The second-order valence-corrected chi connectivity index (χ2v) is 9.35. The molecule has 3 aliphatic rings. The van der Waals surface area contributed by atoms with E-state index >= 15 is 0 Å². The van der Waals surface area contributed by atoms with E-state index in [0.29, 0.717) is 12.8 Å². The van der Waals surface area contributed by atoms with Crippen LogP contribution in [0.2, 0.25) is 0 Å². The first-order valence-electron chi connectivity index (χ1n) is 10.7. The van der Waals surface area contributed by atoms with Crippen LogP contribution in [0, 0.1) is 5.41 Å². The van der Waals surface area contributed by atoms with Gasteiger partial charge in [0, 0.05) is 63.9 Å². The fourth-order valence-corrected chi connectivity index (χ4v) is 4.71. The van der Waals surface area contributed by atoms with Gasteiger partial charge in [0.05, 0.1) is 0 Å². The molecule has 6 nitrogen and oxygen atoms in total. The zero-order chi connectivity index (χ0) is 19.6. The zero-order valence-corrected chi connectivity index (χ0v) is 17.4. The van der Waals surface area contributed by atoms with Crippen LogP contribution in [0.5, 0.6) is 11.5 Å². The first kappa shape index (κ1) is 20.0. The fraction of sp³-hybridized carbons (Fsp3) is 0.727. The van der Waals surface area contributed by atoms with Crippen molar-refractivity contribution in [1.82, 2.24) is 14.7 Å². The lowest BCUT2D eigenvalue weighted by Gasteiger charge is -2.44. The number of likely N-dealkylation sites (tertiary alicyclic amines) is 1. The summed E-state index contributed by atoms with van der Waals surface area (Å²) in [5, 5.41) is 9.58. The van der Waals surface area contributed by atoms with E-state index in [1.54, 1.807) is 0 Å². The van der Waals surface area contributed by atoms with Crippen LogP contribution in [0.25, 0.3) is 0 Å². The van der Waals surface area contributed by atoms with Gasteiger partial charge < -0.3 is 19.5 Å². The quantitative estimate of drug-likeness (QED) is 0.803. The number of benzene rings is 1. The molecule has 0 spiro atoms. The van der Waals surface area contributed by atoms with Gasteiger partial charge in [-0.3, -0.25) is 9.80 Å². The molecule has 1 N–H and O–H groups in total. The van der Waals surface area contributed by atoms with E-state index in [1.165, 1.54) is 24.9 Å². The lowest BCUT2D eigenvalue weighted by molar-refractivity contribution is 0.0290. The maximum absolute atomic E-state index is 9.58. The molecule has 1 atom stereocenters. The largest absolute Gasteiger partial charge is 0.454 e. The Kier molecular flexibility index (Phi) is 6.11. The van der Waals surface area contributed by atoms with Crippen molar-refractivity contribution in [2.45, 2.75) is 39.3 Å². The van der Waals surface area contributed by atoms with Gasteiger partial charge in [0.2, 0.25) is 6.79 Å². The Morgan fingerprint density at radius 1 is 1.04 bits per heavy atom. The minimum atomic E-state index is -0.00873. The van der Waals surface area contributed by atoms with E-state index in [1.807, 2.05) is 6.07 Å². The van der Waals surface area contributed by atoms with E-state index in [0.717, 1.165) is 57.3 Å². The molecular formula is C22H35N3O3. The zero-order valence-electron chi connectivity index (χ0n) is 17.4. The molecule has 1 aromatic carbocycles. The van der Waals surface area contributed by atoms with E-state index in [-0.39, 0.29) is 12.0 Å². The number of nitrogens with zero attached hydrogens (tertiary/aromatic N) is 3. The molecule has 0 radical (unpaired) electrons. The molecule has 3 aliphatic heterocycles. The number of aliphatic hydroxyl groups excluding tert-OH is 1. The Morgan fingerprint density at radius 2 is 1.82 bits per heavy atom. The molecule has 3 heterocycles. The molecule has 2 saturated heterocycles. The summed E-state index contributed by atoms with van der Waals surface area (Å²) in [7, 11) is 0. The van der Waals surface area contributed by atoms with Gasteiger partial charge in [-0.1, -0.05) is 19.9 Å². The topological polar surface area (TPSA) is 48.4 Å². The predicted octanol–water partition coefficient (Wildman–Crippen LogP) is 2.02. The average molecular weight is 390 g/mol. The Bertz CT molecular complexity index is 658. The molecule has 0 aliphatic carbocycles. The second kappa shape index (κ2) is 8.57. The summed E-state index contributed by atoms with van der Waals surface area (Å²) >= 11 is 0. The summed E-state index contributed by atoms with van der Waals surface area (Å²) in [6, 6.07) is 6.97. The van der Waals surface area contributed by atoms with Crippen LogP contribution in [0.3, 0.4) is 0 Å². The lowest BCUT2D eigenvalue weighted by atomic mass is 9.92. The van der Waals surface area contributed by atoms with Crippen molar-refractivity contribution in [2.75, 3.05) is 59.2 Å². The summed E-state index contributed by atoms with van der Waals surface area (Å²) in [6.45, 7) is 13.7. The van der Waals surface area contributed by atoms with Gasteiger partial charge >= 0.3 is 0 Å². The first-order chi connectivity index (χ1) is 13.5. The molecule has 156 valence electrons. The van der Waals surface area contributed by atoms with Crippen LogP contribution < -0.4 is 9.47 Å². The third-order valence-corrected chi connectivity index (χ3v) is 6.33. The third-order valence-electron chi connectivity index (χ3n) is 6.33. The summed E-state index contributed by atoms with van der Waals surface area (Å²) in [6.07, 6.45) is 2.57. The minimum Gasteiger partial charge on any atom is -0.454 e. The van der Waals surface area contributed by atoms with Crippen molar-refractivity contribution in [3.8, 4) is 11.5 Å². The Morgan fingerprint density at radius 3 is 2.61 bits per heavy atom. The van der Waals surface area contributed by atoms with E-state index in [2.05, 4.69) is 40.7 Å². The molecule has 0 amide bonds. The van der Waals surface area contributed by atoms with Gasteiger partial charge in [0.1, 0.15) is 0 Å². The molecular weight excluding hydrogens is 354 g/mol. The molecule has 28 heavy (non-hydrogen) atoms. The van der Waals surface area contributed by atoms with Crippen molar-refractivity contribution < 1.29 is 14.6 Å². The summed E-state index contributed by atoms with van der Waals surface area (Å²) in [4.78, 5) is 7.79. The second-order valence-electron chi connectivity index (χ2n) is 9.35. The van der Waals surface area contributed by atoms with Gasteiger partial charge in [0.15, 0.2) is 11.5 Å². The van der Waals surface area contributed by atoms with E-state index in [4.69, 9.17) is 9.47 Å². The normalized spacial score (nSPS) is 24.6. The van der Waals surface area contributed by atoms with Crippen molar-refractivity contribution in [1.29, 1.82) is 0 Å². The highest BCUT2D eigenvalue weighted by Gasteiger charge is 2.30. The first-order valence-corrected chi connectivity index (χ1v) is 10.7. The number of ether oxygens (including phenoxy) is 2. The highest BCUT2D eigenvalue weighted by Crippen LogP contribution is 2.33. The van der Waals surface area contributed by atoms with Gasteiger partial charge in [-0.05, 0) is 37.1 Å². The fourth-order valence-electron chi connectivity index (χ4n) is 4.71. The van der Waals surface area contributed by atoms with Gasteiger partial charge in [0.25, 0.3) is 0 Å². The van der Waals surface area contributed by atoms with Crippen molar-refractivity contribution in [3.63, 3.8) is 0 Å². The minimum absolute atomic E-state index is 0.00873. The molecule has 6 heteroatoms. The highest BCUT2D eigenvalue weighted by molar-refractivity contribution is 5.44. The van der Waals surface area contributed by atoms with Crippen molar-refractivity contribution in [3.05, 3.63) is 23.8 Å². The summed E-state index contributed by atoms with van der Waals surface area (Å²) in [5.41, 5.74) is 1.29. The maximum atomic E-state index is 9.58. The summed E-state index contributed by atoms with van der Waals surface area (Å²) < 4.78 is 10.9. The average Bonchev–Trinajstić information content (AvgIpc) is 3.16. The Labute approximate surface area is 169 Å². The van der Waals surface area contributed by atoms with Gasteiger partial charge in [-0.15, -0.1) is 0 Å². The molecule has 0 unspecified atom stereocenters. The number of hydrogen-bond acceptors (Lipinski definition) is 6. The van der Waals surface area contributed by atoms with Crippen LogP contribution in [0.4, 0.5) is 0 Å². The van der Waals surface area contributed by atoms with Crippen molar-refractivity contribution >= 4 is 0 Å². The number of piperazine rings is 1. The summed E-state index contributed by atoms with van der Waals surface area (Å²) in [5.74, 6) is 1.74. The molecule has 0 aromatic heterocycles. The molecule has 2 fully saturated rings. The third kappa shape index (κ3) is 4.79. The van der Waals surface area contributed by atoms with E-state index < -0.39 is 0 Å². The van der Waals surface area contributed by atoms with Gasteiger partial charge in [-0.2, -0.15) is 0 Å². The van der Waals surface area contributed by atoms with Crippen LogP contribution >= 0.6 is 0 Å².